The van der Waals surface area contributed by atoms with E-state index in [0.717, 1.165) is 15.9 Å². The Morgan fingerprint density at radius 1 is 1.26 bits per heavy atom. The number of furan rings is 1. The van der Waals surface area contributed by atoms with Crippen LogP contribution in [0, 0.1) is 6.92 Å². The van der Waals surface area contributed by atoms with Crippen molar-refractivity contribution in [3.8, 4) is 0 Å². The van der Waals surface area contributed by atoms with E-state index in [4.69, 9.17) is 4.42 Å². The topological polar surface area (TPSA) is 108 Å². The number of hydrogen-bond acceptors (Lipinski definition) is 5. The second-order valence-corrected chi connectivity index (χ2v) is 8.59. The van der Waals surface area contributed by atoms with Crippen molar-refractivity contribution in [2.24, 2.45) is 0 Å². The number of sulfonamides is 1. The maximum atomic E-state index is 13.0. The molecule has 2 heterocycles. The molecule has 0 fully saturated rings. The summed E-state index contributed by atoms with van der Waals surface area (Å²) in [5.74, 6) is -1.58. The van der Waals surface area contributed by atoms with Crippen LogP contribution in [-0.2, 0) is 21.2 Å². The first-order valence-corrected chi connectivity index (χ1v) is 9.73. The zero-order chi connectivity index (χ0) is 19.9. The average molecular weight is 392 g/mol. The summed E-state index contributed by atoms with van der Waals surface area (Å²) >= 11 is 0. The van der Waals surface area contributed by atoms with Gasteiger partial charge in [0, 0.05) is 26.7 Å². The normalized spacial score (nSPS) is 17.0. The van der Waals surface area contributed by atoms with Crippen LogP contribution >= 0.6 is 0 Å². The van der Waals surface area contributed by atoms with E-state index < -0.39 is 27.9 Å². The number of rotatable bonds is 4. The smallest absolute Gasteiger partial charge is 0.331 e. The van der Waals surface area contributed by atoms with Gasteiger partial charge in [-0.2, -0.15) is 0 Å². The molecule has 0 spiro atoms. The van der Waals surface area contributed by atoms with E-state index in [1.807, 2.05) is 12.1 Å². The van der Waals surface area contributed by atoms with E-state index in [9.17, 15) is 23.1 Å². The number of carbonyl (C=O) groups excluding carboxylic acids is 1. The van der Waals surface area contributed by atoms with Gasteiger partial charge in [0.1, 0.15) is 5.76 Å². The number of carbonyl (C=O) groups is 2. The van der Waals surface area contributed by atoms with Crippen LogP contribution in [0.1, 0.15) is 33.3 Å². The maximum Gasteiger partial charge on any atom is 0.331 e. The Morgan fingerprint density at radius 2 is 1.93 bits per heavy atom. The van der Waals surface area contributed by atoms with E-state index in [0.29, 0.717) is 12.0 Å². The lowest BCUT2D eigenvalue weighted by molar-refractivity contribution is -0.143. The molecule has 0 saturated carbocycles. The number of nitrogens with zero attached hydrogens (tertiary/aromatic N) is 2. The molecule has 0 aliphatic carbocycles. The number of carboxylic acid groups (broad SMARTS) is 1. The lowest BCUT2D eigenvalue weighted by atomic mass is 9.92. The minimum Gasteiger partial charge on any atom is -0.479 e. The Labute approximate surface area is 157 Å². The molecule has 8 nitrogen and oxygen atoms in total. The minimum atomic E-state index is -3.84. The van der Waals surface area contributed by atoms with Gasteiger partial charge in [0.25, 0.3) is 15.9 Å². The minimum absolute atomic E-state index is 0.0426. The first kappa shape index (κ1) is 19.1. The van der Waals surface area contributed by atoms with Crippen molar-refractivity contribution in [3.05, 3.63) is 52.8 Å². The molecule has 0 radical (unpaired) electrons. The molecular weight excluding hydrogens is 372 g/mol. The van der Waals surface area contributed by atoms with Gasteiger partial charge in [-0.3, -0.25) is 4.79 Å². The second kappa shape index (κ2) is 6.82. The summed E-state index contributed by atoms with van der Waals surface area (Å²) in [7, 11) is -1.13. The van der Waals surface area contributed by atoms with Crippen LogP contribution in [0.25, 0.3) is 0 Å². The fourth-order valence-corrected chi connectivity index (χ4v) is 4.04. The van der Waals surface area contributed by atoms with Crippen LogP contribution in [0.5, 0.6) is 0 Å². The quantitative estimate of drug-likeness (QED) is 0.848. The van der Waals surface area contributed by atoms with Gasteiger partial charge in [-0.25, -0.2) is 17.5 Å². The molecule has 1 N–H and O–H groups in total. The SMILES string of the molecule is Cc1oc(S(=O)(=O)N(C)C)cc1C(=O)N1CCc2ccccc2C1C(=O)O. The van der Waals surface area contributed by atoms with Crippen molar-refractivity contribution in [1.29, 1.82) is 0 Å². The first-order valence-electron chi connectivity index (χ1n) is 8.29. The molecule has 0 saturated heterocycles. The Kier molecular flexibility index (Phi) is 4.83. The molecule has 1 aromatic heterocycles. The molecule has 0 bridgehead atoms. The summed E-state index contributed by atoms with van der Waals surface area (Å²) in [6.07, 6.45) is 0.519. The van der Waals surface area contributed by atoms with E-state index >= 15 is 0 Å². The fourth-order valence-electron chi connectivity index (χ4n) is 3.18. The third-order valence-corrected chi connectivity index (χ3v) is 6.31. The zero-order valence-electron chi connectivity index (χ0n) is 15.2. The summed E-state index contributed by atoms with van der Waals surface area (Å²) in [6.45, 7) is 1.70. The summed E-state index contributed by atoms with van der Waals surface area (Å²) in [6, 6.07) is 7.12. The van der Waals surface area contributed by atoms with Crippen molar-refractivity contribution >= 4 is 21.9 Å². The second-order valence-electron chi connectivity index (χ2n) is 6.51. The van der Waals surface area contributed by atoms with E-state index in [2.05, 4.69) is 0 Å². The molecule has 1 aliphatic heterocycles. The molecule has 1 atom stereocenters. The molecule has 1 amide bonds. The third kappa shape index (κ3) is 3.24. The molecule has 1 aliphatic rings. The predicted molar refractivity (Wildman–Crippen MR) is 95.9 cm³/mol. The van der Waals surface area contributed by atoms with Gasteiger partial charge < -0.3 is 14.4 Å². The van der Waals surface area contributed by atoms with Gasteiger partial charge in [0.05, 0.1) is 5.56 Å². The number of fused-ring (bicyclic) bond motifs is 1. The monoisotopic (exact) mass is 392 g/mol. The molecule has 144 valence electrons. The van der Waals surface area contributed by atoms with Gasteiger partial charge >= 0.3 is 5.97 Å². The van der Waals surface area contributed by atoms with E-state index in [1.165, 1.54) is 25.9 Å². The van der Waals surface area contributed by atoms with Gasteiger partial charge in [0.2, 0.25) is 5.09 Å². The van der Waals surface area contributed by atoms with Crippen molar-refractivity contribution in [2.45, 2.75) is 24.5 Å². The largest absolute Gasteiger partial charge is 0.479 e. The maximum absolute atomic E-state index is 13.0. The van der Waals surface area contributed by atoms with Gasteiger partial charge in [0.15, 0.2) is 6.04 Å². The van der Waals surface area contributed by atoms with Crippen molar-refractivity contribution in [1.82, 2.24) is 9.21 Å². The number of aryl methyl sites for hydroxylation is 1. The summed E-state index contributed by atoms with van der Waals surface area (Å²) in [5.41, 5.74) is 1.49. The Balaban J connectivity index is 2.01. The number of hydrogen-bond donors (Lipinski definition) is 1. The van der Waals surface area contributed by atoms with Crippen LogP contribution in [0.15, 0.2) is 39.8 Å². The van der Waals surface area contributed by atoms with Gasteiger partial charge in [-0.05, 0) is 24.5 Å². The molecule has 9 heteroatoms. The lowest BCUT2D eigenvalue weighted by Gasteiger charge is -2.34. The van der Waals surface area contributed by atoms with Crippen LogP contribution < -0.4 is 0 Å². The first-order chi connectivity index (χ1) is 12.6. The number of amides is 1. The lowest BCUT2D eigenvalue weighted by Crippen LogP contribution is -2.43. The Bertz CT molecular complexity index is 1010. The highest BCUT2D eigenvalue weighted by molar-refractivity contribution is 7.88. The van der Waals surface area contributed by atoms with Gasteiger partial charge in [-0.1, -0.05) is 24.3 Å². The molecule has 1 unspecified atom stereocenters. The number of carboxylic acids is 1. The Hall–Kier alpha value is -2.65. The standard InChI is InChI=1S/C18H20N2O6S/c1-11-14(10-15(26-11)27(24,25)19(2)3)17(21)20-9-8-12-6-4-5-7-13(12)16(20)18(22)23/h4-7,10,16H,8-9H2,1-3H3,(H,22,23). The molecule has 27 heavy (non-hydrogen) atoms. The highest BCUT2D eigenvalue weighted by Crippen LogP contribution is 2.32. The molecule has 1 aromatic carbocycles. The van der Waals surface area contributed by atoms with Crippen LogP contribution in [0.4, 0.5) is 0 Å². The van der Waals surface area contributed by atoms with Crippen LogP contribution in [0.2, 0.25) is 0 Å². The predicted octanol–water partition coefficient (Wildman–Crippen LogP) is 1.66. The number of aliphatic carboxylic acids is 1. The van der Waals surface area contributed by atoms with Crippen LogP contribution in [0.3, 0.4) is 0 Å². The zero-order valence-corrected chi connectivity index (χ0v) is 16.0. The molecular formula is C18H20N2O6S. The van der Waals surface area contributed by atoms with E-state index in [-0.39, 0.29) is 23.0 Å². The van der Waals surface area contributed by atoms with Crippen LogP contribution in [-0.4, -0.2) is 55.2 Å². The van der Waals surface area contributed by atoms with Gasteiger partial charge in [-0.15, -0.1) is 0 Å². The summed E-state index contributed by atoms with van der Waals surface area (Å²) in [4.78, 5) is 26.2. The van der Waals surface area contributed by atoms with Crippen molar-refractivity contribution in [2.75, 3.05) is 20.6 Å². The highest BCUT2D eigenvalue weighted by atomic mass is 32.2. The molecule has 2 aromatic rings. The summed E-state index contributed by atoms with van der Waals surface area (Å²) in [5, 5.41) is 9.36. The third-order valence-electron chi connectivity index (χ3n) is 4.64. The fraction of sp³-hybridized carbons (Fsp3) is 0.333. The highest BCUT2D eigenvalue weighted by Gasteiger charge is 2.38. The Morgan fingerprint density at radius 3 is 2.56 bits per heavy atom. The van der Waals surface area contributed by atoms with E-state index in [1.54, 1.807) is 12.1 Å². The summed E-state index contributed by atoms with van der Waals surface area (Å²) < 4.78 is 30.8. The average Bonchev–Trinajstić information content (AvgIpc) is 3.02. The van der Waals surface area contributed by atoms with Crippen molar-refractivity contribution < 1.29 is 27.5 Å². The number of benzene rings is 1. The molecule has 3 rings (SSSR count). The van der Waals surface area contributed by atoms with Crippen molar-refractivity contribution in [3.63, 3.8) is 0 Å².